The van der Waals surface area contributed by atoms with Crippen LogP contribution in [0.25, 0.3) is 0 Å². The molecule has 1 aromatic heterocycles. The molecule has 0 saturated carbocycles. The molecule has 0 N–H and O–H groups in total. The molecule has 0 fully saturated rings. The third-order valence-corrected chi connectivity index (χ3v) is 3.43. The number of nitro groups is 1. The molecule has 0 amide bonds. The summed E-state index contributed by atoms with van der Waals surface area (Å²) < 4.78 is 1.53. The summed E-state index contributed by atoms with van der Waals surface area (Å²) in [5.74, 6) is 0.0494. The first-order valence-electron chi connectivity index (χ1n) is 5.67. The number of nitrogens with zero attached hydrogens (tertiary/aromatic N) is 3. The maximum Gasteiger partial charge on any atom is 0.373 e. The summed E-state index contributed by atoms with van der Waals surface area (Å²) in [5, 5.41) is 15.2. The maximum absolute atomic E-state index is 10.7. The number of aryl methyl sites for hydroxylation is 1. The van der Waals surface area contributed by atoms with Crippen LogP contribution in [0.3, 0.4) is 0 Å². The molecule has 2 atom stereocenters. The Labute approximate surface area is 115 Å². The lowest BCUT2D eigenvalue weighted by Gasteiger charge is -2.18. The number of hydrogen-bond acceptors (Lipinski definition) is 5. The molecular weight excluding hydrogens is 274 g/mol. The monoisotopic (exact) mass is 289 g/mol. The average Bonchev–Trinajstić information content (AvgIpc) is 2.67. The molecule has 0 aliphatic heterocycles. The Bertz CT molecular complexity index is 455. The fraction of sp³-hybridized carbons (Fsp3) is 0.636. The Kier molecular flexibility index (Phi) is 7.63. The summed E-state index contributed by atoms with van der Waals surface area (Å²) >= 11 is 6.07. The second kappa shape index (κ2) is 8.39. The molecule has 0 saturated heterocycles. The zero-order valence-electron chi connectivity index (χ0n) is 11.0. The van der Waals surface area contributed by atoms with Crippen LogP contribution in [0, 0.1) is 16.0 Å². The van der Waals surface area contributed by atoms with Crippen LogP contribution in [0.4, 0.5) is 0 Å². The smallest absolute Gasteiger partial charge is 0.265 e. The first-order valence-corrected chi connectivity index (χ1v) is 6.05. The van der Waals surface area contributed by atoms with E-state index in [1.54, 1.807) is 13.2 Å². The van der Waals surface area contributed by atoms with Crippen LogP contribution in [-0.2, 0) is 16.6 Å². The average molecular weight is 290 g/mol. The second-order valence-electron chi connectivity index (χ2n) is 4.10. The van der Waals surface area contributed by atoms with Gasteiger partial charge in [-0.2, -0.15) is 14.7 Å². The van der Waals surface area contributed by atoms with Crippen molar-refractivity contribution in [1.29, 1.82) is 0 Å². The van der Waals surface area contributed by atoms with Crippen molar-refractivity contribution in [2.75, 3.05) is 6.54 Å². The van der Waals surface area contributed by atoms with Crippen molar-refractivity contribution < 1.29 is 14.5 Å². The third kappa shape index (κ3) is 5.19. The SMILES string of the molecule is CCC(C)[C@H](C[N+](=O)[O-])c1cnn(C)c1Cl.O=C=O. The fourth-order valence-corrected chi connectivity index (χ4v) is 1.95. The second-order valence-corrected chi connectivity index (χ2v) is 4.46. The highest BCUT2D eigenvalue weighted by molar-refractivity contribution is 6.30. The Morgan fingerprint density at radius 3 is 2.42 bits per heavy atom. The van der Waals surface area contributed by atoms with Crippen molar-refractivity contribution >= 4 is 17.8 Å². The summed E-state index contributed by atoms with van der Waals surface area (Å²) in [6.45, 7) is 3.92. The van der Waals surface area contributed by atoms with Gasteiger partial charge in [0.1, 0.15) is 5.15 Å². The molecule has 1 aromatic rings. The maximum atomic E-state index is 10.7. The van der Waals surface area contributed by atoms with Crippen molar-refractivity contribution in [3.05, 3.63) is 27.0 Å². The van der Waals surface area contributed by atoms with Gasteiger partial charge in [-0.05, 0) is 5.92 Å². The van der Waals surface area contributed by atoms with Gasteiger partial charge in [0, 0.05) is 17.5 Å². The molecule has 0 spiro atoms. The zero-order chi connectivity index (χ0) is 15.0. The van der Waals surface area contributed by atoms with Crippen molar-refractivity contribution in [2.45, 2.75) is 26.2 Å². The Hall–Kier alpha value is -1.72. The number of hydrogen-bond donors (Lipinski definition) is 0. The van der Waals surface area contributed by atoms with E-state index in [0.29, 0.717) is 5.15 Å². The highest BCUT2D eigenvalue weighted by atomic mass is 35.5. The van der Waals surface area contributed by atoms with Crippen molar-refractivity contribution in [3.63, 3.8) is 0 Å². The quantitative estimate of drug-likeness (QED) is 0.609. The van der Waals surface area contributed by atoms with Crippen LogP contribution in [0.2, 0.25) is 5.15 Å². The summed E-state index contributed by atoms with van der Waals surface area (Å²) in [5.41, 5.74) is 0.773. The van der Waals surface area contributed by atoms with Gasteiger partial charge >= 0.3 is 6.15 Å². The molecule has 0 bridgehead atoms. The molecule has 1 heterocycles. The van der Waals surface area contributed by atoms with E-state index in [4.69, 9.17) is 21.2 Å². The number of halogens is 1. The minimum Gasteiger partial charge on any atom is -0.265 e. The van der Waals surface area contributed by atoms with Gasteiger partial charge in [-0.1, -0.05) is 31.9 Å². The number of carbonyl (C=O) groups excluding carboxylic acids is 2. The van der Waals surface area contributed by atoms with E-state index in [0.717, 1.165) is 12.0 Å². The van der Waals surface area contributed by atoms with E-state index in [-0.39, 0.29) is 29.5 Å². The Morgan fingerprint density at radius 2 is 2.11 bits per heavy atom. The molecule has 0 aliphatic carbocycles. The van der Waals surface area contributed by atoms with E-state index < -0.39 is 0 Å². The first kappa shape index (κ1) is 17.3. The van der Waals surface area contributed by atoms with Crippen LogP contribution in [-0.4, -0.2) is 27.4 Å². The third-order valence-electron chi connectivity index (χ3n) is 2.97. The molecule has 8 heteroatoms. The summed E-state index contributed by atoms with van der Waals surface area (Å²) in [6.07, 6.45) is 2.76. The van der Waals surface area contributed by atoms with Gasteiger partial charge < -0.3 is 0 Å². The number of rotatable bonds is 5. The Morgan fingerprint density at radius 1 is 1.58 bits per heavy atom. The highest BCUT2D eigenvalue weighted by Crippen LogP contribution is 2.31. The van der Waals surface area contributed by atoms with Crippen molar-refractivity contribution in [3.8, 4) is 0 Å². The van der Waals surface area contributed by atoms with Crippen molar-refractivity contribution in [2.24, 2.45) is 13.0 Å². The van der Waals surface area contributed by atoms with E-state index in [2.05, 4.69) is 5.10 Å². The lowest BCUT2D eigenvalue weighted by Crippen LogP contribution is -2.19. The molecule has 1 unspecified atom stereocenters. The Balaban J connectivity index is 0.000000982. The van der Waals surface area contributed by atoms with Crippen molar-refractivity contribution in [1.82, 2.24) is 9.78 Å². The topological polar surface area (TPSA) is 95.1 Å². The van der Waals surface area contributed by atoms with E-state index in [9.17, 15) is 10.1 Å². The van der Waals surface area contributed by atoms with Crippen LogP contribution in [0.15, 0.2) is 6.20 Å². The van der Waals surface area contributed by atoms with E-state index >= 15 is 0 Å². The lowest BCUT2D eigenvalue weighted by molar-refractivity contribution is -0.484. The largest absolute Gasteiger partial charge is 0.373 e. The zero-order valence-corrected chi connectivity index (χ0v) is 11.8. The molecule has 1 rings (SSSR count). The van der Waals surface area contributed by atoms with Crippen LogP contribution < -0.4 is 0 Å². The first-order chi connectivity index (χ1) is 8.88. The number of aromatic nitrogens is 2. The minimum absolute atomic E-state index is 0.0968. The normalized spacial score (nSPS) is 12.8. The lowest BCUT2D eigenvalue weighted by atomic mass is 9.87. The molecule has 19 heavy (non-hydrogen) atoms. The van der Waals surface area contributed by atoms with Gasteiger partial charge in [-0.15, -0.1) is 0 Å². The van der Waals surface area contributed by atoms with Crippen LogP contribution >= 0.6 is 11.6 Å². The van der Waals surface area contributed by atoms with E-state index in [1.807, 2.05) is 13.8 Å². The predicted molar refractivity (Wildman–Crippen MR) is 67.3 cm³/mol. The van der Waals surface area contributed by atoms with Gasteiger partial charge in [0.2, 0.25) is 6.54 Å². The molecule has 0 aliphatic rings. The fourth-order valence-electron chi connectivity index (χ4n) is 1.72. The summed E-state index contributed by atoms with van der Waals surface area (Å²) in [4.78, 5) is 26.6. The highest BCUT2D eigenvalue weighted by Gasteiger charge is 2.27. The molecule has 0 aromatic carbocycles. The van der Waals surface area contributed by atoms with Gasteiger partial charge in [0.15, 0.2) is 0 Å². The summed E-state index contributed by atoms with van der Waals surface area (Å²) in [6, 6.07) is 0. The molecular formula is C11H16ClN3O4. The van der Waals surface area contributed by atoms with Gasteiger partial charge in [0.25, 0.3) is 0 Å². The van der Waals surface area contributed by atoms with Gasteiger partial charge in [-0.25, -0.2) is 0 Å². The summed E-state index contributed by atoms with van der Waals surface area (Å²) in [7, 11) is 1.73. The minimum atomic E-state index is -0.292. The van der Waals surface area contributed by atoms with Crippen LogP contribution in [0.5, 0.6) is 0 Å². The standard InChI is InChI=1S/C10H16ClN3O2.CO2/c1-4-7(2)9(6-14(15)16)8-5-12-13(3)10(8)11;2-1-3/h5,7,9H,4,6H2,1-3H3;/t7?,9-;/m0./s1. The predicted octanol–water partition coefficient (Wildman–Crippen LogP) is 1.90. The van der Waals surface area contributed by atoms with Gasteiger partial charge in [0.05, 0.1) is 12.1 Å². The van der Waals surface area contributed by atoms with Crippen LogP contribution in [0.1, 0.15) is 31.7 Å². The molecule has 0 radical (unpaired) electrons. The molecule has 106 valence electrons. The van der Waals surface area contributed by atoms with Gasteiger partial charge in [-0.3, -0.25) is 14.8 Å². The molecule has 7 nitrogen and oxygen atoms in total. The van der Waals surface area contributed by atoms with E-state index in [1.165, 1.54) is 4.68 Å².